The second-order valence-corrected chi connectivity index (χ2v) is 19.0. The van der Waals surface area contributed by atoms with Gasteiger partial charge in [-0.15, -0.1) is 0 Å². The lowest BCUT2D eigenvalue weighted by Gasteiger charge is -2.51. The smallest absolute Gasteiger partial charge is 0.160 e. The van der Waals surface area contributed by atoms with E-state index in [4.69, 9.17) is 9.97 Å². The Labute approximate surface area is 394 Å². The molecule has 11 aromatic rings. The fraction of sp³-hybridized carbons (Fsp3) is 0.0312. The lowest BCUT2D eigenvalue weighted by Crippen LogP contribution is -2.45. The SMILES string of the molecule is c1ccc(-c2cc(-c3ccc4ccccc4c3)nc(-c3ccc(-c4cccc5c4-c4ccccc4C54c5ccccc5C5(c6ccccc6Sc6ccccc65)c5ccccc54)cc3)n2)cc1. The Balaban J connectivity index is 0.956. The van der Waals surface area contributed by atoms with Crippen molar-refractivity contribution in [1.29, 1.82) is 0 Å². The number of nitrogens with zero attached hydrogens (tertiary/aromatic N) is 2. The second kappa shape index (κ2) is 14.7. The summed E-state index contributed by atoms with van der Waals surface area (Å²) in [4.78, 5) is 13.1. The molecule has 0 saturated heterocycles. The summed E-state index contributed by atoms with van der Waals surface area (Å²) in [5.74, 6) is 0.701. The van der Waals surface area contributed by atoms with Crippen LogP contribution in [0, 0.1) is 0 Å². The molecule has 0 bridgehead atoms. The number of rotatable bonds is 4. The summed E-state index contributed by atoms with van der Waals surface area (Å²) >= 11 is 1.89. The van der Waals surface area contributed by atoms with Crippen LogP contribution in [0.3, 0.4) is 0 Å². The molecule has 2 nitrogen and oxygen atoms in total. The van der Waals surface area contributed by atoms with Crippen LogP contribution in [0.4, 0.5) is 0 Å². The first-order valence-corrected chi connectivity index (χ1v) is 23.9. The molecule has 2 spiro atoms. The molecule has 0 unspecified atom stereocenters. The van der Waals surface area contributed by atoms with Gasteiger partial charge in [0.1, 0.15) is 0 Å². The summed E-state index contributed by atoms with van der Waals surface area (Å²) in [7, 11) is 0. The molecular weight excluding hydrogens is 829 g/mol. The summed E-state index contributed by atoms with van der Waals surface area (Å²) in [6.07, 6.45) is 0. The van der Waals surface area contributed by atoms with E-state index < -0.39 is 10.8 Å². The normalized spacial score (nSPS) is 14.1. The van der Waals surface area contributed by atoms with E-state index in [0.717, 1.165) is 33.6 Å². The van der Waals surface area contributed by atoms with Crippen molar-refractivity contribution in [3.8, 4) is 56.2 Å². The Morgan fingerprint density at radius 2 is 0.746 bits per heavy atom. The molecule has 312 valence electrons. The van der Waals surface area contributed by atoms with Crippen LogP contribution in [-0.4, -0.2) is 9.97 Å². The minimum absolute atomic E-state index is 0.504. The molecule has 1 aliphatic heterocycles. The lowest BCUT2D eigenvalue weighted by atomic mass is 9.51. The second-order valence-electron chi connectivity index (χ2n) is 17.9. The van der Waals surface area contributed by atoms with Crippen molar-refractivity contribution in [3.63, 3.8) is 0 Å². The van der Waals surface area contributed by atoms with Crippen molar-refractivity contribution < 1.29 is 0 Å². The number of fused-ring (bicyclic) bond motifs is 16. The maximum absolute atomic E-state index is 5.25. The van der Waals surface area contributed by atoms with E-state index in [-0.39, 0.29) is 0 Å². The average Bonchev–Trinajstić information content (AvgIpc) is 3.71. The molecule has 2 aliphatic carbocycles. The molecule has 0 fully saturated rings. The lowest BCUT2D eigenvalue weighted by molar-refractivity contribution is 0.605. The van der Waals surface area contributed by atoms with Crippen molar-refractivity contribution in [1.82, 2.24) is 9.97 Å². The molecular formula is C64H40N2S. The molecule has 14 rings (SSSR count). The molecule has 0 N–H and O–H groups in total. The number of hydrogen-bond acceptors (Lipinski definition) is 3. The minimum Gasteiger partial charge on any atom is -0.228 e. The van der Waals surface area contributed by atoms with Crippen LogP contribution in [0.25, 0.3) is 66.9 Å². The van der Waals surface area contributed by atoms with Crippen molar-refractivity contribution in [2.24, 2.45) is 0 Å². The van der Waals surface area contributed by atoms with E-state index in [9.17, 15) is 0 Å². The molecule has 1 aromatic heterocycles. The molecule has 3 heteroatoms. The Morgan fingerprint density at radius 1 is 0.284 bits per heavy atom. The molecule has 2 heterocycles. The highest BCUT2D eigenvalue weighted by molar-refractivity contribution is 7.99. The molecule has 0 saturated carbocycles. The summed E-state index contributed by atoms with van der Waals surface area (Å²) < 4.78 is 0. The monoisotopic (exact) mass is 868 g/mol. The topological polar surface area (TPSA) is 25.8 Å². The van der Waals surface area contributed by atoms with E-state index in [2.05, 4.69) is 237 Å². The fourth-order valence-electron chi connectivity index (χ4n) is 11.9. The fourth-order valence-corrected chi connectivity index (χ4v) is 13.1. The van der Waals surface area contributed by atoms with Crippen LogP contribution in [-0.2, 0) is 10.8 Å². The van der Waals surface area contributed by atoms with Gasteiger partial charge in [0.15, 0.2) is 5.82 Å². The van der Waals surface area contributed by atoms with E-state index >= 15 is 0 Å². The summed E-state index contributed by atoms with van der Waals surface area (Å²) in [6.45, 7) is 0. The van der Waals surface area contributed by atoms with Gasteiger partial charge in [-0.3, -0.25) is 0 Å². The highest BCUT2D eigenvalue weighted by atomic mass is 32.2. The summed E-state index contributed by atoms with van der Waals surface area (Å²) in [6, 6.07) is 89.5. The van der Waals surface area contributed by atoms with E-state index in [1.54, 1.807) is 0 Å². The molecule has 0 amide bonds. The van der Waals surface area contributed by atoms with E-state index in [1.807, 2.05) is 17.8 Å². The average molecular weight is 869 g/mol. The zero-order valence-corrected chi connectivity index (χ0v) is 37.2. The van der Waals surface area contributed by atoms with Gasteiger partial charge in [-0.1, -0.05) is 230 Å². The van der Waals surface area contributed by atoms with Gasteiger partial charge in [0.05, 0.1) is 22.2 Å². The quantitative estimate of drug-likeness (QED) is 0.176. The highest BCUT2D eigenvalue weighted by Crippen LogP contribution is 2.67. The Morgan fingerprint density at radius 3 is 1.40 bits per heavy atom. The van der Waals surface area contributed by atoms with E-state index in [0.29, 0.717) is 5.82 Å². The van der Waals surface area contributed by atoms with Gasteiger partial charge in [0.2, 0.25) is 0 Å². The Bertz CT molecular complexity index is 3700. The molecule has 0 radical (unpaired) electrons. The third kappa shape index (κ3) is 5.41. The van der Waals surface area contributed by atoms with Gasteiger partial charge >= 0.3 is 0 Å². The number of hydrogen-bond donors (Lipinski definition) is 0. The van der Waals surface area contributed by atoms with Gasteiger partial charge < -0.3 is 0 Å². The Kier molecular flexibility index (Phi) is 8.38. The van der Waals surface area contributed by atoms with Crippen LogP contribution in [0.1, 0.15) is 44.5 Å². The van der Waals surface area contributed by atoms with Gasteiger partial charge in [-0.2, -0.15) is 0 Å². The first-order valence-electron chi connectivity index (χ1n) is 23.1. The Hall–Kier alpha value is -8.11. The minimum atomic E-state index is -0.556. The molecule has 3 aliphatic rings. The zero-order chi connectivity index (χ0) is 44.1. The van der Waals surface area contributed by atoms with Crippen LogP contribution in [0.15, 0.2) is 252 Å². The third-order valence-electron chi connectivity index (χ3n) is 14.6. The zero-order valence-electron chi connectivity index (χ0n) is 36.4. The predicted octanol–water partition coefficient (Wildman–Crippen LogP) is 15.8. The van der Waals surface area contributed by atoms with Crippen molar-refractivity contribution in [2.75, 3.05) is 0 Å². The van der Waals surface area contributed by atoms with Crippen LogP contribution in [0.5, 0.6) is 0 Å². The van der Waals surface area contributed by atoms with Crippen LogP contribution in [0.2, 0.25) is 0 Å². The number of benzene rings is 10. The maximum Gasteiger partial charge on any atom is 0.160 e. The van der Waals surface area contributed by atoms with Crippen molar-refractivity contribution in [2.45, 2.75) is 20.6 Å². The van der Waals surface area contributed by atoms with Crippen LogP contribution >= 0.6 is 11.8 Å². The summed E-state index contributed by atoms with van der Waals surface area (Å²) in [5, 5.41) is 2.40. The molecule has 0 atom stereocenters. The van der Waals surface area contributed by atoms with Gasteiger partial charge in [-0.25, -0.2) is 9.97 Å². The predicted molar refractivity (Wildman–Crippen MR) is 275 cm³/mol. The third-order valence-corrected chi connectivity index (χ3v) is 15.8. The first-order chi connectivity index (χ1) is 33.2. The number of aromatic nitrogens is 2. The standard InChI is InChI=1S/C64H40N2S/c1-2-18-43(19-3-1)57-40-58(46-38-33-41-17-4-5-20-45(41)39-46)66-62(65-57)44-36-34-42(35-37-44)47-22-16-30-56-61(47)48-21-6-7-23-49(48)63(56)50-24-8-10-26-52(50)64(53-27-11-9-25-51(53)63)54-28-12-14-31-59(54)67-60-32-15-13-29-55(60)64/h1-40H. The summed E-state index contributed by atoms with van der Waals surface area (Å²) in [5.41, 5.74) is 19.4. The maximum atomic E-state index is 5.25. The van der Waals surface area contributed by atoms with Crippen LogP contribution < -0.4 is 0 Å². The van der Waals surface area contributed by atoms with Gasteiger partial charge in [0, 0.05) is 26.5 Å². The van der Waals surface area contributed by atoms with Gasteiger partial charge in [-0.05, 0) is 102 Å². The largest absolute Gasteiger partial charge is 0.228 e. The molecule has 10 aromatic carbocycles. The van der Waals surface area contributed by atoms with Crippen molar-refractivity contribution >= 4 is 22.5 Å². The highest BCUT2D eigenvalue weighted by Gasteiger charge is 2.58. The van der Waals surface area contributed by atoms with E-state index in [1.165, 1.54) is 81.8 Å². The van der Waals surface area contributed by atoms with Crippen molar-refractivity contribution in [3.05, 3.63) is 287 Å². The van der Waals surface area contributed by atoms with Gasteiger partial charge in [0.25, 0.3) is 0 Å². The first kappa shape index (κ1) is 38.2. The molecule has 67 heavy (non-hydrogen) atoms.